The molecule has 0 aromatic rings. The van der Waals surface area contributed by atoms with E-state index in [-0.39, 0.29) is 0 Å². The molecule has 0 amide bonds. The second-order valence-corrected chi connectivity index (χ2v) is 2.73. The molecule has 0 bridgehead atoms. The number of hydrogen-bond donors (Lipinski definition) is 1. The van der Waals surface area contributed by atoms with Gasteiger partial charge in [0.05, 0.1) is 10.4 Å². The standard InChI is InChI=1S/Cl2H2Si.H5NSi/c1-3-2;1-2/h3H2;1H2,2H3. The van der Waals surface area contributed by atoms with Crippen LogP contribution in [0.5, 0.6) is 0 Å². The molecule has 0 aliphatic rings. The molecule has 0 aromatic carbocycles. The molecule has 0 aliphatic heterocycles. The second-order valence-electron chi connectivity index (χ2n) is 0.101. The number of rotatable bonds is 0. The summed E-state index contributed by atoms with van der Waals surface area (Å²) in [5, 5.41) is 4.64. The molecule has 2 N–H and O–H groups in total. The molecular weight excluding hydrogens is 141 g/mol. The Hall–Kier alpha value is 0.974. The van der Waals surface area contributed by atoms with Crippen LogP contribution in [-0.2, 0) is 0 Å². The largest absolute Gasteiger partial charge is 0.358 e. The van der Waals surface area contributed by atoms with Crippen LogP contribution in [-0.4, -0.2) is 18.5 Å². The summed E-state index contributed by atoms with van der Waals surface area (Å²) in [6.07, 6.45) is 0. The Morgan fingerprint density at radius 3 is 1.40 bits per heavy atom. The van der Waals surface area contributed by atoms with Crippen LogP contribution in [0, 0.1) is 0 Å². The summed E-state index contributed by atoms with van der Waals surface area (Å²) >= 11 is 9.81. The van der Waals surface area contributed by atoms with Crippen molar-refractivity contribution in [1.82, 2.24) is 0 Å². The molecule has 0 saturated heterocycles. The Balaban J connectivity index is 0. The van der Waals surface area contributed by atoms with E-state index < -0.39 is 8.14 Å². The third-order valence-electron chi connectivity index (χ3n) is 0. The van der Waals surface area contributed by atoms with Gasteiger partial charge in [0.1, 0.15) is 0 Å². The van der Waals surface area contributed by atoms with Crippen molar-refractivity contribution in [3.8, 4) is 0 Å². The van der Waals surface area contributed by atoms with Gasteiger partial charge in [0.25, 0.3) is 0 Å². The fraction of sp³-hybridized carbons (Fsp3) is 0. The third-order valence-corrected chi connectivity index (χ3v) is 0. The van der Waals surface area contributed by atoms with E-state index in [0.29, 0.717) is 0 Å². The summed E-state index contributed by atoms with van der Waals surface area (Å²) in [6.45, 7) is 0. The first-order valence-corrected chi connectivity index (χ1v) is 6.54. The van der Waals surface area contributed by atoms with Crippen LogP contribution in [0.1, 0.15) is 0 Å². The van der Waals surface area contributed by atoms with Gasteiger partial charge in [-0.05, 0) is 0 Å². The molecular formula is H7Cl2NSi2. The highest BCUT2D eigenvalue weighted by molar-refractivity contribution is 7.22. The lowest BCUT2D eigenvalue weighted by molar-refractivity contribution is 2.00. The molecule has 0 spiro atoms. The topological polar surface area (TPSA) is 26.0 Å². The number of halogens is 2. The quantitative estimate of drug-likeness (QED) is 0.335. The lowest BCUT2D eigenvalue weighted by Crippen LogP contribution is -1.75. The first-order chi connectivity index (χ1) is 2.41. The van der Waals surface area contributed by atoms with Crippen molar-refractivity contribution >= 4 is 40.7 Å². The predicted molar refractivity (Wildman–Crippen MR) is 34.4 cm³/mol. The number of hydrogen-bond acceptors (Lipinski definition) is 1. The van der Waals surface area contributed by atoms with Gasteiger partial charge in [0.15, 0.2) is 0 Å². The fourth-order valence-electron chi connectivity index (χ4n) is 0. The average Bonchev–Trinajstić information content (AvgIpc) is 1.46. The summed E-state index contributed by atoms with van der Waals surface area (Å²) < 4.78 is 0. The normalized spacial score (nSPS) is 5.40. The van der Waals surface area contributed by atoms with Crippen LogP contribution in [0.4, 0.5) is 0 Å². The van der Waals surface area contributed by atoms with Crippen molar-refractivity contribution in [3.63, 3.8) is 0 Å². The molecule has 0 heterocycles. The highest BCUT2D eigenvalue weighted by Gasteiger charge is 1.46. The van der Waals surface area contributed by atoms with E-state index in [1.165, 1.54) is 0 Å². The summed E-state index contributed by atoms with van der Waals surface area (Å²) in [5.41, 5.74) is 0. The molecule has 0 aromatic heterocycles. The van der Waals surface area contributed by atoms with Gasteiger partial charge in [-0.15, -0.1) is 0 Å². The summed E-state index contributed by atoms with van der Waals surface area (Å²) in [5.74, 6) is 0. The Morgan fingerprint density at radius 2 is 1.40 bits per heavy atom. The molecule has 0 atom stereocenters. The minimum Gasteiger partial charge on any atom is -0.358 e. The monoisotopic (exact) mass is 147 g/mol. The van der Waals surface area contributed by atoms with Crippen molar-refractivity contribution in [3.05, 3.63) is 0 Å². The Labute approximate surface area is 46.6 Å². The SMILES string of the molecule is Cl[SiH2]Cl.N[SiH3]. The van der Waals surface area contributed by atoms with E-state index in [0.717, 1.165) is 10.4 Å². The van der Waals surface area contributed by atoms with Gasteiger partial charge >= 0.3 is 0 Å². The fourth-order valence-corrected chi connectivity index (χ4v) is 0. The predicted octanol–water partition coefficient (Wildman–Crippen LogP) is -1.31. The first-order valence-electron chi connectivity index (χ1n) is 1.11. The summed E-state index contributed by atoms with van der Waals surface area (Å²) in [7, 11) is 0.167. The molecule has 0 aliphatic carbocycles. The number of nitrogens with two attached hydrogens (primary N) is 1. The van der Waals surface area contributed by atoms with Crippen molar-refractivity contribution < 1.29 is 0 Å². The van der Waals surface area contributed by atoms with Crippen LogP contribution in [0.15, 0.2) is 0 Å². The van der Waals surface area contributed by atoms with Crippen LogP contribution >= 0.6 is 22.2 Å². The van der Waals surface area contributed by atoms with Gasteiger partial charge in [-0.25, -0.2) is 0 Å². The Bertz CT molecular complexity index is 7.61. The van der Waals surface area contributed by atoms with E-state index in [1.807, 2.05) is 0 Å². The minimum absolute atomic E-state index is 0.639. The van der Waals surface area contributed by atoms with Crippen molar-refractivity contribution in [1.29, 1.82) is 0 Å². The van der Waals surface area contributed by atoms with E-state index in [4.69, 9.17) is 22.2 Å². The molecule has 0 saturated carbocycles. The maximum Gasteiger partial charge on any atom is 0.222 e. The molecule has 0 unspecified atom stereocenters. The summed E-state index contributed by atoms with van der Waals surface area (Å²) in [4.78, 5) is 0. The third kappa shape index (κ3) is 46.4. The molecule has 1 nitrogen and oxygen atoms in total. The highest BCUT2D eigenvalue weighted by atomic mass is 35.7. The maximum atomic E-state index is 4.90. The second kappa shape index (κ2) is 20.2. The lowest BCUT2D eigenvalue weighted by atomic mass is 13.9. The van der Waals surface area contributed by atoms with E-state index in [9.17, 15) is 0 Å². The molecule has 0 fully saturated rings. The van der Waals surface area contributed by atoms with Gasteiger partial charge in [-0.2, -0.15) is 22.2 Å². The highest BCUT2D eigenvalue weighted by Crippen LogP contribution is 1.67. The van der Waals surface area contributed by atoms with Gasteiger partial charge < -0.3 is 5.40 Å². The van der Waals surface area contributed by atoms with Crippen LogP contribution in [0.25, 0.3) is 0 Å². The summed E-state index contributed by atoms with van der Waals surface area (Å²) in [6, 6.07) is 0. The van der Waals surface area contributed by atoms with E-state index >= 15 is 0 Å². The minimum atomic E-state index is -0.639. The van der Waals surface area contributed by atoms with Gasteiger partial charge in [-0.3, -0.25) is 0 Å². The maximum absolute atomic E-state index is 4.90. The Morgan fingerprint density at radius 1 is 1.40 bits per heavy atom. The van der Waals surface area contributed by atoms with Crippen LogP contribution in [0.2, 0.25) is 0 Å². The average molecular weight is 148 g/mol. The van der Waals surface area contributed by atoms with Crippen molar-refractivity contribution in [2.24, 2.45) is 5.40 Å². The van der Waals surface area contributed by atoms with Crippen molar-refractivity contribution in [2.45, 2.75) is 0 Å². The first kappa shape index (κ1) is 9.36. The zero-order valence-corrected chi connectivity index (χ0v) is 7.97. The zero-order chi connectivity index (χ0) is 4.71. The van der Waals surface area contributed by atoms with E-state index in [1.54, 1.807) is 0 Å². The molecule has 34 valence electrons. The molecule has 0 rings (SSSR count). The molecule has 5 heavy (non-hydrogen) atoms. The molecule has 5 heteroatoms. The zero-order valence-electron chi connectivity index (χ0n) is 3.04. The lowest BCUT2D eigenvalue weighted by Gasteiger charge is -1.39. The Kier molecular flexibility index (Phi) is 37.7. The van der Waals surface area contributed by atoms with Crippen LogP contribution < -0.4 is 5.40 Å². The van der Waals surface area contributed by atoms with E-state index in [2.05, 4.69) is 5.40 Å². The molecule has 0 radical (unpaired) electrons. The van der Waals surface area contributed by atoms with Crippen LogP contribution in [0.3, 0.4) is 0 Å². The van der Waals surface area contributed by atoms with Gasteiger partial charge in [0, 0.05) is 0 Å². The van der Waals surface area contributed by atoms with Gasteiger partial charge in [-0.1, -0.05) is 0 Å². The van der Waals surface area contributed by atoms with Crippen molar-refractivity contribution in [2.75, 3.05) is 0 Å². The van der Waals surface area contributed by atoms with Gasteiger partial charge in [0.2, 0.25) is 8.14 Å². The smallest absolute Gasteiger partial charge is 0.222 e.